The first-order valence-corrected chi connectivity index (χ1v) is 8.32. The molecule has 2 aromatic rings. The summed E-state index contributed by atoms with van der Waals surface area (Å²) in [5, 5.41) is 0. The molecule has 0 bridgehead atoms. The minimum Gasteiger partial charge on any atom is -0.447 e. The number of fused-ring (bicyclic) bond motifs is 1. The maximum atomic E-state index is 12.4. The van der Waals surface area contributed by atoms with E-state index in [2.05, 4.69) is 4.90 Å². The van der Waals surface area contributed by atoms with Crippen molar-refractivity contribution >= 4 is 29.5 Å². The summed E-state index contributed by atoms with van der Waals surface area (Å²) in [5.74, 6) is 0. The highest BCUT2D eigenvalue weighted by molar-refractivity contribution is 5.86. The zero-order valence-corrected chi connectivity index (χ0v) is 14.8. The summed E-state index contributed by atoms with van der Waals surface area (Å²) < 4.78 is 8.07. The second-order valence-corrected chi connectivity index (χ2v) is 5.87. The number of likely N-dealkylation sites (tertiary alicyclic amines) is 1. The number of rotatable bonds is 4. The number of carbonyl (C=O) groups is 1. The first kappa shape index (κ1) is 18.5. The van der Waals surface area contributed by atoms with E-state index in [-0.39, 0.29) is 18.1 Å². The van der Waals surface area contributed by atoms with Gasteiger partial charge in [-0.1, -0.05) is 18.6 Å². The van der Waals surface area contributed by atoms with Crippen LogP contribution in [-0.4, -0.2) is 46.4 Å². The monoisotopic (exact) mass is 353 g/mol. The molecule has 2 heterocycles. The van der Waals surface area contributed by atoms with Crippen LogP contribution in [0.2, 0.25) is 0 Å². The predicted octanol–water partition coefficient (Wildman–Crippen LogP) is 2.72. The van der Waals surface area contributed by atoms with Gasteiger partial charge in [-0.05, 0) is 45.0 Å². The third kappa shape index (κ3) is 3.65. The van der Waals surface area contributed by atoms with Crippen molar-refractivity contribution in [1.29, 1.82) is 0 Å². The standard InChI is InChI=1S/C17H23N3O3.ClH/c1-2-19-14-8-4-5-9-15(14)20(16(19)21)17(22)23-13-12-18-10-6-3-7-11-18;/h4-5,8-9H,2-3,6-7,10-13H2,1H3;1H. The van der Waals surface area contributed by atoms with Gasteiger partial charge in [-0.15, -0.1) is 12.4 Å². The molecule has 3 rings (SSSR count). The zero-order valence-electron chi connectivity index (χ0n) is 13.9. The van der Waals surface area contributed by atoms with Crippen LogP contribution in [0.15, 0.2) is 29.1 Å². The fraction of sp³-hybridized carbons (Fsp3) is 0.529. The molecule has 132 valence electrons. The maximum Gasteiger partial charge on any atom is 0.422 e. The number of aryl methyl sites for hydroxylation is 1. The van der Waals surface area contributed by atoms with Gasteiger partial charge in [0, 0.05) is 13.1 Å². The largest absolute Gasteiger partial charge is 0.447 e. The molecule has 0 unspecified atom stereocenters. The Morgan fingerprint density at radius 2 is 1.79 bits per heavy atom. The summed E-state index contributed by atoms with van der Waals surface area (Å²) in [5.41, 5.74) is 1.02. The number of benzene rings is 1. The van der Waals surface area contributed by atoms with E-state index in [9.17, 15) is 9.59 Å². The van der Waals surface area contributed by atoms with Gasteiger partial charge < -0.3 is 4.74 Å². The first-order chi connectivity index (χ1) is 11.2. The number of ether oxygens (including phenoxy) is 1. The molecule has 0 radical (unpaired) electrons. The van der Waals surface area contributed by atoms with E-state index in [1.54, 1.807) is 10.6 Å². The summed E-state index contributed by atoms with van der Waals surface area (Å²) in [6, 6.07) is 7.30. The maximum absolute atomic E-state index is 12.4. The van der Waals surface area contributed by atoms with Gasteiger partial charge in [0.1, 0.15) is 6.61 Å². The van der Waals surface area contributed by atoms with E-state index in [0.717, 1.165) is 29.7 Å². The molecule has 1 aromatic heterocycles. The lowest BCUT2D eigenvalue weighted by molar-refractivity contribution is 0.122. The van der Waals surface area contributed by atoms with Gasteiger partial charge in [-0.2, -0.15) is 4.57 Å². The lowest BCUT2D eigenvalue weighted by Crippen LogP contribution is -2.35. The van der Waals surface area contributed by atoms with E-state index < -0.39 is 6.09 Å². The lowest BCUT2D eigenvalue weighted by atomic mass is 10.1. The third-order valence-electron chi connectivity index (χ3n) is 4.42. The molecule has 0 spiro atoms. The Kier molecular flexibility index (Phi) is 6.45. The molecule has 0 amide bonds. The van der Waals surface area contributed by atoms with Crippen LogP contribution in [-0.2, 0) is 11.3 Å². The lowest BCUT2D eigenvalue weighted by Gasteiger charge is -2.25. The number of para-hydroxylation sites is 2. The zero-order chi connectivity index (χ0) is 16.2. The summed E-state index contributed by atoms with van der Waals surface area (Å²) in [4.78, 5) is 27.1. The highest BCUT2D eigenvalue weighted by atomic mass is 35.5. The number of aromatic nitrogens is 2. The minimum absolute atomic E-state index is 0. The molecule has 1 aliphatic rings. The molecular weight excluding hydrogens is 330 g/mol. The quantitative estimate of drug-likeness (QED) is 0.848. The summed E-state index contributed by atoms with van der Waals surface area (Å²) in [6.07, 6.45) is 3.10. The Labute approximate surface area is 147 Å². The smallest absolute Gasteiger partial charge is 0.422 e. The van der Waals surface area contributed by atoms with Gasteiger partial charge in [-0.25, -0.2) is 9.59 Å². The Balaban J connectivity index is 0.00000208. The van der Waals surface area contributed by atoms with Gasteiger partial charge in [0.2, 0.25) is 0 Å². The van der Waals surface area contributed by atoms with Crippen LogP contribution < -0.4 is 5.69 Å². The van der Waals surface area contributed by atoms with E-state index in [4.69, 9.17) is 4.74 Å². The average molecular weight is 354 g/mol. The van der Waals surface area contributed by atoms with E-state index in [1.807, 2.05) is 25.1 Å². The van der Waals surface area contributed by atoms with Crippen LogP contribution in [0, 0.1) is 0 Å². The van der Waals surface area contributed by atoms with Crippen LogP contribution in [0.1, 0.15) is 26.2 Å². The summed E-state index contributed by atoms with van der Waals surface area (Å²) in [6.45, 7) is 5.58. The van der Waals surface area contributed by atoms with Crippen molar-refractivity contribution < 1.29 is 9.53 Å². The van der Waals surface area contributed by atoms with Crippen molar-refractivity contribution in [2.45, 2.75) is 32.7 Å². The van der Waals surface area contributed by atoms with Crippen molar-refractivity contribution in [2.24, 2.45) is 0 Å². The summed E-state index contributed by atoms with van der Waals surface area (Å²) in [7, 11) is 0. The molecule has 1 saturated heterocycles. The number of imidazole rings is 1. The van der Waals surface area contributed by atoms with Gasteiger partial charge in [0.05, 0.1) is 11.0 Å². The molecule has 1 aliphatic heterocycles. The SMILES string of the molecule is CCn1c(=O)n(C(=O)OCCN2CCCCC2)c2ccccc21.Cl. The van der Waals surface area contributed by atoms with Crippen molar-refractivity contribution in [1.82, 2.24) is 14.0 Å². The Morgan fingerprint density at radius 1 is 1.12 bits per heavy atom. The summed E-state index contributed by atoms with van der Waals surface area (Å²) >= 11 is 0. The molecule has 0 N–H and O–H groups in total. The van der Waals surface area contributed by atoms with Crippen LogP contribution >= 0.6 is 12.4 Å². The van der Waals surface area contributed by atoms with Gasteiger partial charge in [-0.3, -0.25) is 9.47 Å². The topological polar surface area (TPSA) is 56.5 Å². The Hall–Kier alpha value is -1.79. The third-order valence-corrected chi connectivity index (χ3v) is 4.42. The van der Waals surface area contributed by atoms with Crippen molar-refractivity contribution in [3.8, 4) is 0 Å². The number of nitrogens with zero attached hydrogens (tertiary/aromatic N) is 3. The normalized spacial score (nSPS) is 15.2. The molecule has 0 saturated carbocycles. The van der Waals surface area contributed by atoms with Crippen LogP contribution in [0.5, 0.6) is 0 Å². The van der Waals surface area contributed by atoms with E-state index >= 15 is 0 Å². The number of hydrogen-bond acceptors (Lipinski definition) is 4. The number of carbonyl (C=O) groups excluding carboxylic acids is 1. The second kappa shape index (κ2) is 8.35. The number of hydrogen-bond donors (Lipinski definition) is 0. The van der Waals surface area contributed by atoms with Crippen LogP contribution in [0.25, 0.3) is 11.0 Å². The highest BCUT2D eigenvalue weighted by Crippen LogP contribution is 2.13. The first-order valence-electron chi connectivity index (χ1n) is 8.32. The fourth-order valence-electron chi connectivity index (χ4n) is 3.20. The van der Waals surface area contributed by atoms with Gasteiger partial charge >= 0.3 is 11.8 Å². The minimum atomic E-state index is -0.588. The van der Waals surface area contributed by atoms with Crippen molar-refractivity contribution in [3.05, 3.63) is 34.7 Å². The van der Waals surface area contributed by atoms with Crippen LogP contribution in [0.4, 0.5) is 4.79 Å². The van der Waals surface area contributed by atoms with Gasteiger partial charge in [0.25, 0.3) is 0 Å². The molecule has 0 aliphatic carbocycles. The Morgan fingerprint density at radius 3 is 2.46 bits per heavy atom. The van der Waals surface area contributed by atoms with Gasteiger partial charge in [0.15, 0.2) is 0 Å². The molecule has 0 atom stereocenters. The van der Waals surface area contributed by atoms with E-state index in [1.165, 1.54) is 19.3 Å². The predicted molar refractivity (Wildman–Crippen MR) is 96.2 cm³/mol. The molecule has 1 aromatic carbocycles. The number of halogens is 1. The Bertz CT molecular complexity index is 747. The van der Waals surface area contributed by atoms with Crippen molar-refractivity contribution in [3.63, 3.8) is 0 Å². The molecular formula is C17H24ClN3O3. The fourth-order valence-corrected chi connectivity index (χ4v) is 3.20. The highest BCUT2D eigenvalue weighted by Gasteiger charge is 2.19. The second-order valence-electron chi connectivity index (χ2n) is 5.87. The molecule has 1 fully saturated rings. The van der Waals surface area contributed by atoms with E-state index in [0.29, 0.717) is 18.7 Å². The van der Waals surface area contributed by atoms with Crippen molar-refractivity contribution in [2.75, 3.05) is 26.2 Å². The molecule has 24 heavy (non-hydrogen) atoms. The molecule has 7 heteroatoms. The molecule has 6 nitrogen and oxygen atoms in total. The van der Waals surface area contributed by atoms with Crippen LogP contribution in [0.3, 0.4) is 0 Å². The number of piperidine rings is 1. The average Bonchev–Trinajstić information content (AvgIpc) is 2.87.